The topological polar surface area (TPSA) is 75.7 Å². The van der Waals surface area contributed by atoms with E-state index in [1.165, 1.54) is 12.3 Å². The van der Waals surface area contributed by atoms with Gasteiger partial charge >= 0.3 is 6.18 Å². The molecule has 35 heavy (non-hydrogen) atoms. The first-order valence-corrected chi connectivity index (χ1v) is 11.8. The minimum absolute atomic E-state index is 0.0299. The molecule has 0 bridgehead atoms. The Bertz CT molecular complexity index is 1030. The summed E-state index contributed by atoms with van der Waals surface area (Å²) in [5.41, 5.74) is 1.00. The largest absolute Gasteiger partial charge is 0.416 e. The standard InChI is InChI=1S/C25H31F3N4O3/c1-16-20(31-19-5-3-4-17(14-19)25(26,27)28)6-10-29-23(16)24(33)32-11-7-18(8-12-32)30-21-9-13-35-15-22(21)34-2/h3-6,10,14,18,21-22,30H,7-9,11-13,15H2,1-2H3,(H,29,31)/t21-,22+/m1/s1. The second-order valence-corrected chi connectivity index (χ2v) is 9.01. The van der Waals surface area contributed by atoms with Crippen LogP contribution >= 0.6 is 0 Å². The normalized spacial score (nSPS) is 21.7. The highest BCUT2D eigenvalue weighted by Gasteiger charge is 2.32. The monoisotopic (exact) mass is 492 g/mol. The molecule has 10 heteroatoms. The van der Waals surface area contributed by atoms with Crippen molar-refractivity contribution in [2.24, 2.45) is 0 Å². The van der Waals surface area contributed by atoms with Gasteiger partial charge in [0.2, 0.25) is 0 Å². The van der Waals surface area contributed by atoms with Gasteiger partial charge in [0.25, 0.3) is 5.91 Å². The molecule has 0 spiro atoms. The Kier molecular flexibility index (Phi) is 7.93. The number of anilines is 2. The number of rotatable bonds is 6. The lowest BCUT2D eigenvalue weighted by Gasteiger charge is -2.38. The van der Waals surface area contributed by atoms with Gasteiger partial charge in [-0.2, -0.15) is 13.2 Å². The van der Waals surface area contributed by atoms with Crippen molar-refractivity contribution in [1.82, 2.24) is 15.2 Å². The van der Waals surface area contributed by atoms with Gasteiger partial charge in [-0.25, -0.2) is 0 Å². The Labute approximate surface area is 203 Å². The highest BCUT2D eigenvalue weighted by Crippen LogP contribution is 2.32. The molecule has 1 aromatic carbocycles. The van der Waals surface area contributed by atoms with Crippen LogP contribution in [0.25, 0.3) is 0 Å². The number of pyridine rings is 1. The van der Waals surface area contributed by atoms with Crippen LogP contribution in [0.15, 0.2) is 36.5 Å². The molecule has 2 atom stereocenters. The fourth-order valence-electron chi connectivity index (χ4n) is 4.65. The average Bonchev–Trinajstić information content (AvgIpc) is 2.85. The lowest BCUT2D eigenvalue weighted by atomic mass is 9.99. The molecular weight excluding hydrogens is 461 g/mol. The van der Waals surface area contributed by atoms with Crippen molar-refractivity contribution in [2.45, 2.75) is 50.6 Å². The fourth-order valence-corrected chi connectivity index (χ4v) is 4.65. The molecule has 7 nitrogen and oxygen atoms in total. The molecule has 2 aliphatic heterocycles. The summed E-state index contributed by atoms with van der Waals surface area (Å²) in [5.74, 6) is -0.172. The van der Waals surface area contributed by atoms with Crippen molar-refractivity contribution in [1.29, 1.82) is 0 Å². The molecule has 4 rings (SSSR count). The van der Waals surface area contributed by atoms with Crippen LogP contribution in [0.2, 0.25) is 0 Å². The number of hydrogen-bond donors (Lipinski definition) is 2. The molecule has 2 aliphatic rings. The van der Waals surface area contributed by atoms with E-state index in [9.17, 15) is 18.0 Å². The summed E-state index contributed by atoms with van der Waals surface area (Å²) in [6, 6.07) is 7.16. The quantitative estimate of drug-likeness (QED) is 0.631. The van der Waals surface area contributed by atoms with E-state index < -0.39 is 11.7 Å². The van der Waals surface area contributed by atoms with Gasteiger partial charge in [-0.1, -0.05) is 6.07 Å². The lowest BCUT2D eigenvalue weighted by Crippen LogP contribution is -2.54. The minimum atomic E-state index is -4.43. The maximum atomic E-state index is 13.2. The van der Waals surface area contributed by atoms with E-state index in [0.717, 1.165) is 31.4 Å². The van der Waals surface area contributed by atoms with Gasteiger partial charge in [0.15, 0.2) is 0 Å². The number of alkyl halides is 3. The third-order valence-corrected chi connectivity index (χ3v) is 6.71. The number of aromatic nitrogens is 1. The van der Waals surface area contributed by atoms with E-state index in [1.807, 2.05) is 0 Å². The van der Waals surface area contributed by atoms with E-state index in [1.54, 1.807) is 31.1 Å². The van der Waals surface area contributed by atoms with Crippen LogP contribution < -0.4 is 10.6 Å². The van der Waals surface area contributed by atoms with Crippen LogP contribution in [0.1, 0.15) is 40.9 Å². The zero-order chi connectivity index (χ0) is 25.0. The van der Waals surface area contributed by atoms with Gasteiger partial charge < -0.3 is 25.0 Å². The van der Waals surface area contributed by atoms with E-state index in [-0.39, 0.29) is 18.1 Å². The van der Waals surface area contributed by atoms with Gasteiger partial charge in [-0.15, -0.1) is 0 Å². The number of hydrogen-bond acceptors (Lipinski definition) is 6. The van der Waals surface area contributed by atoms with Crippen LogP contribution in [0, 0.1) is 6.92 Å². The average molecular weight is 493 g/mol. The highest BCUT2D eigenvalue weighted by molar-refractivity contribution is 5.95. The van der Waals surface area contributed by atoms with Crippen LogP contribution in [0.4, 0.5) is 24.5 Å². The molecule has 0 unspecified atom stereocenters. The molecular formula is C25H31F3N4O3. The van der Waals surface area contributed by atoms with Crippen LogP contribution in [0.5, 0.6) is 0 Å². The summed E-state index contributed by atoms with van der Waals surface area (Å²) >= 11 is 0. The maximum absolute atomic E-state index is 13.2. The van der Waals surface area contributed by atoms with Gasteiger partial charge in [0, 0.05) is 62.0 Å². The number of carbonyl (C=O) groups excluding carboxylic acids is 1. The number of piperidine rings is 1. The Balaban J connectivity index is 1.39. The van der Waals surface area contributed by atoms with Gasteiger partial charge in [-0.3, -0.25) is 9.78 Å². The zero-order valence-corrected chi connectivity index (χ0v) is 19.9. The van der Waals surface area contributed by atoms with E-state index >= 15 is 0 Å². The molecule has 2 N–H and O–H groups in total. The second kappa shape index (κ2) is 10.9. The summed E-state index contributed by atoms with van der Waals surface area (Å²) in [5, 5.41) is 6.67. The summed E-state index contributed by atoms with van der Waals surface area (Å²) < 4.78 is 50.2. The molecule has 1 aromatic heterocycles. The molecule has 0 saturated carbocycles. The third kappa shape index (κ3) is 6.12. The minimum Gasteiger partial charge on any atom is -0.379 e. The molecule has 2 saturated heterocycles. The van der Waals surface area contributed by atoms with Gasteiger partial charge in [0.05, 0.1) is 18.3 Å². The predicted octanol–water partition coefficient (Wildman–Crippen LogP) is 4.15. The fraction of sp³-hybridized carbons (Fsp3) is 0.520. The Morgan fingerprint density at radius 2 is 1.97 bits per heavy atom. The number of methoxy groups -OCH3 is 1. The molecule has 0 aliphatic carbocycles. The number of halogens is 3. The lowest BCUT2D eigenvalue weighted by molar-refractivity contribution is -0.137. The Hall–Kier alpha value is -2.69. The number of ether oxygens (including phenoxy) is 2. The van der Waals surface area contributed by atoms with E-state index in [2.05, 4.69) is 15.6 Å². The molecule has 190 valence electrons. The first-order chi connectivity index (χ1) is 16.8. The Morgan fingerprint density at radius 1 is 1.20 bits per heavy atom. The predicted molar refractivity (Wildman–Crippen MR) is 126 cm³/mol. The number of amides is 1. The van der Waals surface area contributed by atoms with Crippen LogP contribution in [0.3, 0.4) is 0 Å². The van der Waals surface area contributed by atoms with E-state index in [4.69, 9.17) is 9.47 Å². The molecule has 1 amide bonds. The maximum Gasteiger partial charge on any atom is 0.416 e. The van der Waals surface area contributed by atoms with E-state index in [0.29, 0.717) is 55.0 Å². The summed E-state index contributed by atoms with van der Waals surface area (Å²) in [6.45, 7) is 4.25. The number of benzene rings is 1. The molecule has 0 radical (unpaired) electrons. The van der Waals surface area contributed by atoms with Crippen molar-refractivity contribution in [3.05, 3.63) is 53.3 Å². The first-order valence-electron chi connectivity index (χ1n) is 11.8. The SMILES string of the molecule is CO[C@H]1COCC[C@H]1NC1CCN(C(=O)c2nccc(Nc3cccc(C(F)(F)F)c3)c2C)CC1. The molecule has 2 fully saturated rings. The first kappa shape index (κ1) is 25.4. The van der Waals surface area contributed by atoms with Gasteiger partial charge in [0.1, 0.15) is 5.69 Å². The number of nitrogens with zero attached hydrogens (tertiary/aromatic N) is 2. The Morgan fingerprint density at radius 3 is 2.69 bits per heavy atom. The van der Waals surface area contributed by atoms with Crippen LogP contribution in [-0.4, -0.2) is 67.4 Å². The summed E-state index contributed by atoms with van der Waals surface area (Å²) in [6.07, 6.45) is -0.362. The van der Waals surface area contributed by atoms with Gasteiger partial charge in [-0.05, 0) is 50.5 Å². The summed E-state index contributed by atoms with van der Waals surface area (Å²) in [4.78, 5) is 19.3. The van der Waals surface area contributed by atoms with Crippen molar-refractivity contribution in [3.8, 4) is 0 Å². The van der Waals surface area contributed by atoms with Crippen molar-refractivity contribution < 1.29 is 27.4 Å². The van der Waals surface area contributed by atoms with Crippen molar-refractivity contribution in [3.63, 3.8) is 0 Å². The zero-order valence-electron chi connectivity index (χ0n) is 19.9. The third-order valence-electron chi connectivity index (χ3n) is 6.71. The van der Waals surface area contributed by atoms with Crippen molar-refractivity contribution in [2.75, 3.05) is 38.7 Å². The number of carbonyl (C=O) groups is 1. The number of likely N-dealkylation sites (tertiary alicyclic amines) is 1. The summed E-state index contributed by atoms with van der Waals surface area (Å²) in [7, 11) is 1.70. The van der Waals surface area contributed by atoms with Crippen molar-refractivity contribution >= 4 is 17.3 Å². The highest BCUT2D eigenvalue weighted by atomic mass is 19.4. The molecule has 3 heterocycles. The number of nitrogens with one attached hydrogen (secondary N) is 2. The second-order valence-electron chi connectivity index (χ2n) is 9.01. The molecule has 2 aromatic rings. The smallest absolute Gasteiger partial charge is 0.379 e. The van der Waals surface area contributed by atoms with Crippen LogP contribution in [-0.2, 0) is 15.7 Å².